The smallest absolute Gasteiger partial charge is 0.00259 e. The van der Waals surface area contributed by atoms with Gasteiger partial charge in [-0.05, 0) is 142 Å². The monoisotopic (exact) mass is 634 g/mol. The van der Waals surface area contributed by atoms with Crippen molar-refractivity contribution in [1.82, 2.24) is 0 Å². The van der Waals surface area contributed by atoms with Gasteiger partial charge in [-0.1, -0.05) is 151 Å². The van der Waals surface area contributed by atoms with Gasteiger partial charge in [-0.15, -0.1) is 0 Å². The van der Waals surface area contributed by atoms with E-state index >= 15 is 0 Å². The summed E-state index contributed by atoms with van der Waals surface area (Å²) in [6, 6.07) is 63.6. The second-order valence-corrected chi connectivity index (χ2v) is 13.9. The number of hydrogen-bond acceptors (Lipinski definition) is 0. The lowest BCUT2D eigenvalue weighted by Crippen LogP contribution is -1.93. The lowest BCUT2D eigenvalue weighted by Gasteiger charge is -2.20. The van der Waals surface area contributed by atoms with E-state index in [1.54, 1.807) is 0 Å². The first-order valence-corrected chi connectivity index (χ1v) is 17.5. The summed E-state index contributed by atoms with van der Waals surface area (Å²) in [7, 11) is 0. The minimum absolute atomic E-state index is 1.23. The van der Waals surface area contributed by atoms with Crippen molar-refractivity contribution in [3.05, 3.63) is 181 Å². The predicted molar refractivity (Wildman–Crippen MR) is 217 cm³/mol. The van der Waals surface area contributed by atoms with Crippen LogP contribution in [0.15, 0.2) is 170 Å². The molecule has 0 spiro atoms. The van der Waals surface area contributed by atoms with Gasteiger partial charge in [0.25, 0.3) is 0 Å². The van der Waals surface area contributed by atoms with Crippen LogP contribution in [0.5, 0.6) is 0 Å². The molecule has 0 atom stereocenters. The summed E-state index contributed by atoms with van der Waals surface area (Å²) in [6.45, 7) is 4.33. The molecule has 0 N–H and O–H groups in total. The van der Waals surface area contributed by atoms with Gasteiger partial charge in [-0.3, -0.25) is 0 Å². The second-order valence-electron chi connectivity index (χ2n) is 13.9. The highest BCUT2D eigenvalue weighted by atomic mass is 14.2. The quantitative estimate of drug-likeness (QED) is 0.134. The molecule has 234 valence electrons. The Morgan fingerprint density at radius 2 is 0.740 bits per heavy atom. The standard InChI is InChI=1S/C50H34/c1-31-16-18-36-26-39(22-20-34(36)24-31)49-42-14-8-9-15-43(42)50(40-23-21-35-25-32(2)17-19-37(35)27-40)48-30-46-44(33-10-4-3-5-11-33)28-38-12-6-7-13-41(38)45(46)29-47(48)49/h3-30H,1-2H3. The molecular formula is C50H34. The highest BCUT2D eigenvalue weighted by molar-refractivity contribution is 6.27. The van der Waals surface area contributed by atoms with Crippen molar-refractivity contribution >= 4 is 64.6 Å². The van der Waals surface area contributed by atoms with Crippen LogP contribution in [0.25, 0.3) is 98.0 Å². The fraction of sp³-hybridized carbons (Fsp3) is 0.0400. The number of rotatable bonds is 3. The predicted octanol–water partition coefficient (Wildman–Crippen LogP) is 14.2. The molecule has 50 heavy (non-hydrogen) atoms. The van der Waals surface area contributed by atoms with Gasteiger partial charge in [0, 0.05) is 0 Å². The maximum atomic E-state index is 2.49. The summed E-state index contributed by atoms with van der Waals surface area (Å²) >= 11 is 0. The van der Waals surface area contributed by atoms with Gasteiger partial charge in [-0.25, -0.2) is 0 Å². The van der Waals surface area contributed by atoms with Gasteiger partial charge in [-0.2, -0.15) is 0 Å². The molecule has 0 bridgehead atoms. The Kier molecular flexibility index (Phi) is 6.41. The molecule has 10 aromatic carbocycles. The van der Waals surface area contributed by atoms with Crippen molar-refractivity contribution in [2.24, 2.45) is 0 Å². The number of hydrogen-bond donors (Lipinski definition) is 0. The van der Waals surface area contributed by atoms with Crippen LogP contribution in [-0.4, -0.2) is 0 Å². The first kappa shape index (κ1) is 28.7. The molecule has 0 saturated heterocycles. The Labute approximate surface area is 291 Å². The zero-order valence-electron chi connectivity index (χ0n) is 28.2. The summed E-state index contributed by atoms with van der Waals surface area (Å²) in [5.41, 5.74) is 10.1. The summed E-state index contributed by atoms with van der Waals surface area (Å²) in [5, 5.41) is 15.2. The van der Waals surface area contributed by atoms with Crippen LogP contribution in [0.2, 0.25) is 0 Å². The molecule has 0 aliphatic heterocycles. The van der Waals surface area contributed by atoms with Crippen molar-refractivity contribution in [2.75, 3.05) is 0 Å². The van der Waals surface area contributed by atoms with E-state index in [1.807, 2.05) is 0 Å². The van der Waals surface area contributed by atoms with Crippen LogP contribution in [-0.2, 0) is 0 Å². The van der Waals surface area contributed by atoms with Crippen molar-refractivity contribution < 1.29 is 0 Å². The molecule has 0 nitrogen and oxygen atoms in total. The Hall–Kier alpha value is -6.24. The first-order valence-electron chi connectivity index (χ1n) is 17.5. The molecule has 0 aliphatic carbocycles. The Morgan fingerprint density at radius 1 is 0.260 bits per heavy atom. The number of benzene rings is 10. The van der Waals surface area contributed by atoms with E-state index in [1.165, 1.54) is 109 Å². The molecule has 0 amide bonds. The third-order valence-corrected chi connectivity index (χ3v) is 10.7. The van der Waals surface area contributed by atoms with Gasteiger partial charge in [0.2, 0.25) is 0 Å². The summed E-state index contributed by atoms with van der Waals surface area (Å²) in [4.78, 5) is 0. The number of fused-ring (bicyclic) bond motifs is 7. The molecule has 0 aliphatic rings. The minimum Gasteiger partial charge on any atom is -0.0622 e. The van der Waals surface area contributed by atoms with Gasteiger partial charge in [0.05, 0.1) is 0 Å². The van der Waals surface area contributed by atoms with Gasteiger partial charge < -0.3 is 0 Å². The van der Waals surface area contributed by atoms with Crippen molar-refractivity contribution in [1.29, 1.82) is 0 Å². The molecule has 0 aromatic heterocycles. The third-order valence-electron chi connectivity index (χ3n) is 10.7. The normalized spacial score (nSPS) is 11.8. The Bertz CT molecular complexity index is 2980. The highest BCUT2D eigenvalue weighted by Gasteiger charge is 2.20. The molecule has 0 heterocycles. The highest BCUT2D eigenvalue weighted by Crippen LogP contribution is 2.48. The van der Waals surface area contributed by atoms with Crippen molar-refractivity contribution in [3.63, 3.8) is 0 Å². The summed E-state index contributed by atoms with van der Waals surface area (Å²) in [6.07, 6.45) is 0. The van der Waals surface area contributed by atoms with Gasteiger partial charge in [0.1, 0.15) is 0 Å². The second kappa shape index (κ2) is 11.2. The van der Waals surface area contributed by atoms with Crippen molar-refractivity contribution in [2.45, 2.75) is 13.8 Å². The van der Waals surface area contributed by atoms with E-state index < -0.39 is 0 Å². The van der Waals surface area contributed by atoms with Crippen LogP contribution in [0.3, 0.4) is 0 Å². The molecule has 0 saturated carbocycles. The van der Waals surface area contributed by atoms with Gasteiger partial charge >= 0.3 is 0 Å². The molecular weight excluding hydrogens is 601 g/mol. The van der Waals surface area contributed by atoms with E-state index in [9.17, 15) is 0 Å². The van der Waals surface area contributed by atoms with E-state index in [2.05, 4.69) is 184 Å². The number of aryl methyl sites for hydroxylation is 2. The maximum Gasteiger partial charge on any atom is -0.00259 e. The lowest BCUT2D eigenvalue weighted by molar-refractivity contribution is 1.50. The zero-order valence-corrected chi connectivity index (χ0v) is 28.2. The van der Waals surface area contributed by atoms with Crippen LogP contribution in [0.1, 0.15) is 11.1 Å². The van der Waals surface area contributed by atoms with E-state index in [-0.39, 0.29) is 0 Å². The topological polar surface area (TPSA) is 0 Å². The van der Waals surface area contributed by atoms with E-state index in [0.29, 0.717) is 0 Å². The molecule has 10 aromatic rings. The molecule has 0 radical (unpaired) electrons. The van der Waals surface area contributed by atoms with Crippen LogP contribution in [0.4, 0.5) is 0 Å². The molecule has 0 fully saturated rings. The fourth-order valence-electron chi connectivity index (χ4n) is 8.29. The fourth-order valence-corrected chi connectivity index (χ4v) is 8.29. The maximum absolute atomic E-state index is 2.49. The SMILES string of the molecule is Cc1ccc2cc(-c3c4ccccc4c(-c4ccc5cc(C)ccc5c4)c4cc5c(cc34)c(-c3ccccc3)cc3ccccc35)ccc2c1. The van der Waals surface area contributed by atoms with E-state index in [0.717, 1.165) is 0 Å². The Balaban J connectivity index is 1.41. The van der Waals surface area contributed by atoms with Crippen molar-refractivity contribution in [3.8, 4) is 33.4 Å². The molecule has 0 unspecified atom stereocenters. The average molecular weight is 635 g/mol. The third kappa shape index (κ3) is 4.53. The Morgan fingerprint density at radius 3 is 1.34 bits per heavy atom. The summed E-state index contributed by atoms with van der Waals surface area (Å²) in [5.74, 6) is 0. The average Bonchev–Trinajstić information content (AvgIpc) is 3.16. The van der Waals surface area contributed by atoms with Gasteiger partial charge in [0.15, 0.2) is 0 Å². The van der Waals surface area contributed by atoms with Crippen LogP contribution >= 0.6 is 0 Å². The largest absolute Gasteiger partial charge is 0.0622 e. The lowest BCUT2D eigenvalue weighted by atomic mass is 9.82. The summed E-state index contributed by atoms with van der Waals surface area (Å²) < 4.78 is 0. The minimum atomic E-state index is 1.23. The first-order chi connectivity index (χ1) is 24.6. The van der Waals surface area contributed by atoms with Crippen LogP contribution in [0, 0.1) is 13.8 Å². The molecule has 0 heteroatoms. The van der Waals surface area contributed by atoms with E-state index in [4.69, 9.17) is 0 Å². The van der Waals surface area contributed by atoms with Crippen LogP contribution < -0.4 is 0 Å². The zero-order chi connectivity index (χ0) is 33.3. The molecule has 10 rings (SSSR count).